The predicted octanol–water partition coefficient (Wildman–Crippen LogP) is 3.84. The van der Waals surface area contributed by atoms with Crippen molar-refractivity contribution in [1.82, 2.24) is 4.98 Å². The van der Waals surface area contributed by atoms with E-state index in [2.05, 4.69) is 11.1 Å². The van der Waals surface area contributed by atoms with Crippen LogP contribution >= 0.6 is 11.3 Å². The van der Waals surface area contributed by atoms with Gasteiger partial charge in [0.05, 0.1) is 34.5 Å². The van der Waals surface area contributed by atoms with Crippen LogP contribution in [0.25, 0.3) is 21.3 Å². The van der Waals surface area contributed by atoms with Crippen molar-refractivity contribution in [1.29, 1.82) is 5.26 Å². The molecule has 1 heterocycles. The van der Waals surface area contributed by atoms with Crippen molar-refractivity contribution in [2.75, 3.05) is 7.11 Å². The van der Waals surface area contributed by atoms with Crippen LogP contribution in [0.1, 0.15) is 5.56 Å². The van der Waals surface area contributed by atoms with Crippen LogP contribution < -0.4 is 4.74 Å². The molecule has 0 saturated heterocycles. The van der Waals surface area contributed by atoms with Gasteiger partial charge < -0.3 is 4.74 Å². The fourth-order valence-corrected chi connectivity index (χ4v) is 2.87. The molecule has 0 unspecified atom stereocenters. The van der Waals surface area contributed by atoms with E-state index in [0.717, 1.165) is 27.1 Å². The summed E-state index contributed by atoms with van der Waals surface area (Å²) in [5.74, 6) is 0.838. The summed E-state index contributed by atoms with van der Waals surface area (Å²) in [6.45, 7) is 0. The van der Waals surface area contributed by atoms with Crippen LogP contribution in [0, 0.1) is 11.3 Å². The first-order chi connectivity index (χ1) is 9.33. The lowest BCUT2D eigenvalue weighted by atomic mass is 10.0. The van der Waals surface area contributed by atoms with Gasteiger partial charge in [0.1, 0.15) is 5.75 Å². The molecule has 1 aromatic heterocycles. The monoisotopic (exact) mass is 266 g/mol. The predicted molar refractivity (Wildman–Crippen MR) is 76.3 cm³/mol. The molecular weight excluding hydrogens is 256 g/mol. The lowest BCUT2D eigenvalue weighted by molar-refractivity contribution is 0.422. The summed E-state index contributed by atoms with van der Waals surface area (Å²) in [7, 11) is 1.67. The summed E-state index contributed by atoms with van der Waals surface area (Å²) < 4.78 is 6.58. The Hall–Kier alpha value is -2.38. The number of thiazole rings is 1. The van der Waals surface area contributed by atoms with Gasteiger partial charge in [-0.1, -0.05) is 12.1 Å². The molecule has 3 aromatic rings. The molecule has 0 saturated carbocycles. The minimum absolute atomic E-state index is 0.654. The van der Waals surface area contributed by atoms with E-state index in [9.17, 15) is 0 Å². The Labute approximate surface area is 114 Å². The number of hydrogen-bond donors (Lipinski definition) is 0. The van der Waals surface area contributed by atoms with Crippen LogP contribution in [-0.2, 0) is 0 Å². The highest BCUT2D eigenvalue weighted by molar-refractivity contribution is 7.17. The zero-order valence-electron chi connectivity index (χ0n) is 10.3. The normalized spacial score (nSPS) is 10.3. The lowest BCUT2D eigenvalue weighted by Gasteiger charge is -2.09. The standard InChI is InChI=1S/C15H10N2OS/c1-18-14-12(6-7-13-15(14)19-9-17-13)11-4-2-10(8-16)3-5-11/h2-7,9H,1H3. The minimum Gasteiger partial charge on any atom is -0.495 e. The van der Waals surface area contributed by atoms with Crippen molar-refractivity contribution >= 4 is 21.6 Å². The van der Waals surface area contributed by atoms with Gasteiger partial charge in [0.25, 0.3) is 0 Å². The average molecular weight is 266 g/mol. The maximum atomic E-state index is 8.83. The molecule has 0 aliphatic heterocycles. The van der Waals surface area contributed by atoms with E-state index in [1.165, 1.54) is 0 Å². The fraction of sp³-hybridized carbons (Fsp3) is 0.0667. The number of fused-ring (bicyclic) bond motifs is 1. The smallest absolute Gasteiger partial charge is 0.146 e. The first-order valence-electron chi connectivity index (χ1n) is 5.74. The largest absolute Gasteiger partial charge is 0.495 e. The number of nitriles is 1. The van der Waals surface area contributed by atoms with Gasteiger partial charge >= 0.3 is 0 Å². The Bertz CT molecular complexity index is 769. The number of ether oxygens (including phenoxy) is 1. The Morgan fingerprint density at radius 1 is 1.16 bits per heavy atom. The third kappa shape index (κ3) is 1.94. The van der Waals surface area contributed by atoms with E-state index >= 15 is 0 Å². The van der Waals surface area contributed by atoms with Crippen LogP contribution in [0.3, 0.4) is 0 Å². The zero-order chi connectivity index (χ0) is 13.2. The second-order valence-electron chi connectivity index (χ2n) is 4.04. The molecule has 19 heavy (non-hydrogen) atoms. The Morgan fingerprint density at radius 3 is 2.63 bits per heavy atom. The molecule has 0 aliphatic rings. The molecule has 0 radical (unpaired) electrons. The van der Waals surface area contributed by atoms with E-state index in [0.29, 0.717) is 5.56 Å². The van der Waals surface area contributed by atoms with Gasteiger partial charge in [0.15, 0.2) is 0 Å². The molecule has 0 N–H and O–H groups in total. The highest BCUT2D eigenvalue weighted by Crippen LogP contribution is 2.38. The van der Waals surface area contributed by atoms with Gasteiger partial charge in [0, 0.05) is 5.56 Å². The SMILES string of the molecule is COc1c(-c2ccc(C#N)cc2)ccc2ncsc12. The molecule has 3 rings (SSSR count). The summed E-state index contributed by atoms with van der Waals surface area (Å²) in [4.78, 5) is 4.28. The maximum absolute atomic E-state index is 8.83. The van der Waals surface area contributed by atoms with Crippen LogP contribution in [0.15, 0.2) is 41.9 Å². The number of aromatic nitrogens is 1. The zero-order valence-corrected chi connectivity index (χ0v) is 11.1. The molecule has 0 aliphatic carbocycles. The first kappa shape index (κ1) is 11.7. The van der Waals surface area contributed by atoms with Crippen molar-refractivity contribution in [3.05, 3.63) is 47.5 Å². The number of hydrogen-bond acceptors (Lipinski definition) is 4. The lowest BCUT2D eigenvalue weighted by Crippen LogP contribution is -1.88. The van der Waals surface area contributed by atoms with Gasteiger partial charge in [-0.3, -0.25) is 0 Å². The van der Waals surface area contributed by atoms with Crippen molar-refractivity contribution in [2.24, 2.45) is 0 Å². The van der Waals surface area contributed by atoms with Gasteiger partial charge in [-0.15, -0.1) is 11.3 Å². The first-order valence-corrected chi connectivity index (χ1v) is 6.62. The molecule has 2 aromatic carbocycles. The molecule has 4 heteroatoms. The fourth-order valence-electron chi connectivity index (χ4n) is 2.06. The number of benzene rings is 2. The number of nitrogens with zero attached hydrogens (tertiary/aromatic N) is 2. The van der Waals surface area contributed by atoms with Gasteiger partial charge in [-0.05, 0) is 29.8 Å². The summed E-state index contributed by atoms with van der Waals surface area (Å²) in [5.41, 5.74) is 5.46. The van der Waals surface area contributed by atoms with Crippen LogP contribution in [0.5, 0.6) is 5.75 Å². The van der Waals surface area contributed by atoms with Crippen molar-refractivity contribution in [3.8, 4) is 22.9 Å². The highest BCUT2D eigenvalue weighted by atomic mass is 32.1. The van der Waals surface area contributed by atoms with Crippen LogP contribution in [0.4, 0.5) is 0 Å². The minimum atomic E-state index is 0.654. The van der Waals surface area contributed by atoms with Crippen molar-refractivity contribution in [2.45, 2.75) is 0 Å². The van der Waals surface area contributed by atoms with Crippen molar-refractivity contribution < 1.29 is 4.74 Å². The summed E-state index contributed by atoms with van der Waals surface area (Å²) in [5, 5.41) is 8.83. The summed E-state index contributed by atoms with van der Waals surface area (Å²) in [6, 6.07) is 13.6. The van der Waals surface area contributed by atoms with E-state index in [1.807, 2.05) is 41.9 Å². The summed E-state index contributed by atoms with van der Waals surface area (Å²) >= 11 is 1.57. The van der Waals surface area contributed by atoms with E-state index in [4.69, 9.17) is 10.00 Å². The van der Waals surface area contributed by atoms with Crippen molar-refractivity contribution in [3.63, 3.8) is 0 Å². The highest BCUT2D eigenvalue weighted by Gasteiger charge is 2.11. The molecule has 0 amide bonds. The topological polar surface area (TPSA) is 45.9 Å². The second-order valence-corrected chi connectivity index (χ2v) is 4.89. The molecule has 3 nitrogen and oxygen atoms in total. The number of rotatable bonds is 2. The van der Waals surface area contributed by atoms with Crippen LogP contribution in [0.2, 0.25) is 0 Å². The molecule has 92 valence electrons. The van der Waals surface area contributed by atoms with Gasteiger partial charge in [-0.25, -0.2) is 4.98 Å². The second kappa shape index (κ2) is 4.71. The summed E-state index contributed by atoms with van der Waals surface area (Å²) in [6.07, 6.45) is 0. The quantitative estimate of drug-likeness (QED) is 0.708. The third-order valence-corrected chi connectivity index (χ3v) is 3.82. The van der Waals surface area contributed by atoms with E-state index in [-0.39, 0.29) is 0 Å². The Morgan fingerprint density at radius 2 is 1.95 bits per heavy atom. The third-order valence-electron chi connectivity index (χ3n) is 2.98. The molecule has 0 atom stereocenters. The Balaban J connectivity index is 2.20. The maximum Gasteiger partial charge on any atom is 0.146 e. The average Bonchev–Trinajstić information content (AvgIpc) is 2.94. The van der Waals surface area contributed by atoms with Gasteiger partial charge in [0.2, 0.25) is 0 Å². The molecule has 0 spiro atoms. The molecule has 0 fully saturated rings. The Kier molecular flexibility index (Phi) is 2.90. The van der Waals surface area contributed by atoms with E-state index in [1.54, 1.807) is 18.4 Å². The van der Waals surface area contributed by atoms with E-state index < -0.39 is 0 Å². The van der Waals surface area contributed by atoms with Crippen LogP contribution in [-0.4, -0.2) is 12.1 Å². The molecule has 0 bridgehead atoms. The number of methoxy groups -OCH3 is 1. The molecular formula is C15H10N2OS. The van der Waals surface area contributed by atoms with Gasteiger partial charge in [-0.2, -0.15) is 5.26 Å².